The highest BCUT2D eigenvalue weighted by Gasteiger charge is 2.30. The number of rotatable bonds is 10. The summed E-state index contributed by atoms with van der Waals surface area (Å²) in [5.74, 6) is -0.605. The van der Waals surface area contributed by atoms with Crippen LogP contribution in [0.1, 0.15) is 47.4 Å². The number of fused-ring (bicyclic) bond motifs is 4. The van der Waals surface area contributed by atoms with Crippen molar-refractivity contribution in [2.75, 3.05) is 38.0 Å². The molecule has 2 aromatic heterocycles. The van der Waals surface area contributed by atoms with E-state index in [1.165, 1.54) is 0 Å². The zero-order valence-electron chi connectivity index (χ0n) is 28.2. The highest BCUT2D eigenvalue weighted by Crippen LogP contribution is 2.30. The van der Waals surface area contributed by atoms with Crippen LogP contribution in [0.5, 0.6) is 0 Å². The van der Waals surface area contributed by atoms with Crippen LogP contribution in [-0.4, -0.2) is 78.1 Å². The lowest BCUT2D eigenvalue weighted by Crippen LogP contribution is -2.58. The fourth-order valence-corrected chi connectivity index (χ4v) is 6.25. The third-order valence-electron chi connectivity index (χ3n) is 8.84. The lowest BCUT2D eigenvalue weighted by Gasteiger charge is -2.32. The predicted octanol–water partition coefficient (Wildman–Crippen LogP) is 5.06. The molecule has 246 valence electrons. The summed E-state index contributed by atoms with van der Waals surface area (Å²) in [5.41, 5.74) is 14.4. The summed E-state index contributed by atoms with van der Waals surface area (Å²) >= 11 is 0. The van der Waals surface area contributed by atoms with E-state index in [1.807, 2.05) is 125 Å². The Balaban J connectivity index is 1.31. The van der Waals surface area contributed by atoms with Gasteiger partial charge in [-0.1, -0.05) is 38.1 Å². The van der Waals surface area contributed by atoms with Gasteiger partial charge in [-0.25, -0.2) is 19.9 Å². The molecule has 0 saturated carbocycles. The Morgan fingerprint density at radius 3 is 1.27 bits per heavy atom. The molecule has 0 bridgehead atoms. The quantitative estimate of drug-likeness (QED) is 0.175. The molecule has 0 aliphatic heterocycles. The van der Waals surface area contributed by atoms with E-state index >= 15 is 0 Å². The van der Waals surface area contributed by atoms with Crippen molar-refractivity contribution < 1.29 is 9.59 Å². The lowest BCUT2D eigenvalue weighted by molar-refractivity contribution is 0.0910. The SMILES string of the molecule is CCC(NC(=O)c1c(N(C)C)ccc2nc3ccccc3nc12)C(N)C(CC)NC(=O)c1c(N(C)C)ccc2nc3ccccc3nc12. The fourth-order valence-electron chi connectivity index (χ4n) is 6.25. The summed E-state index contributed by atoms with van der Waals surface area (Å²) in [5, 5.41) is 6.37. The topological polar surface area (TPSA) is 142 Å². The summed E-state index contributed by atoms with van der Waals surface area (Å²) in [6, 6.07) is 21.2. The normalized spacial score (nSPS) is 13.4. The first-order valence-electron chi connectivity index (χ1n) is 16.2. The van der Waals surface area contributed by atoms with Crippen LogP contribution in [0.4, 0.5) is 11.4 Å². The number of benzene rings is 4. The van der Waals surface area contributed by atoms with Crippen molar-refractivity contribution >= 4 is 67.3 Å². The largest absolute Gasteiger partial charge is 0.377 e. The number of aromatic nitrogens is 4. The van der Waals surface area contributed by atoms with E-state index in [4.69, 9.17) is 25.7 Å². The van der Waals surface area contributed by atoms with Crippen molar-refractivity contribution in [3.8, 4) is 0 Å². The van der Waals surface area contributed by atoms with Gasteiger partial charge in [0.1, 0.15) is 11.0 Å². The molecule has 6 aromatic rings. The van der Waals surface area contributed by atoms with Gasteiger partial charge >= 0.3 is 0 Å². The molecule has 0 spiro atoms. The Bertz CT molecular complexity index is 2010. The molecule has 0 radical (unpaired) electrons. The Labute approximate surface area is 279 Å². The van der Waals surface area contributed by atoms with Crippen LogP contribution in [0, 0.1) is 0 Å². The smallest absolute Gasteiger partial charge is 0.255 e. The van der Waals surface area contributed by atoms with Gasteiger partial charge in [-0.3, -0.25) is 9.59 Å². The molecule has 11 heteroatoms. The molecule has 2 atom stereocenters. The van der Waals surface area contributed by atoms with Crippen molar-refractivity contribution in [1.82, 2.24) is 30.6 Å². The first-order valence-corrected chi connectivity index (χ1v) is 16.2. The second kappa shape index (κ2) is 13.4. The molecule has 0 aliphatic carbocycles. The molecule has 6 rings (SSSR count). The number of para-hydroxylation sites is 4. The van der Waals surface area contributed by atoms with Crippen LogP contribution >= 0.6 is 0 Å². The van der Waals surface area contributed by atoms with Gasteiger partial charge in [0.25, 0.3) is 11.8 Å². The van der Waals surface area contributed by atoms with Crippen LogP contribution in [0.25, 0.3) is 44.1 Å². The number of carbonyl (C=O) groups excluding carboxylic acids is 2. The molecular formula is C37H41N9O2. The fraction of sp³-hybridized carbons (Fsp3) is 0.297. The van der Waals surface area contributed by atoms with E-state index in [0.717, 1.165) is 11.0 Å². The number of amides is 2. The van der Waals surface area contributed by atoms with E-state index in [0.29, 0.717) is 68.4 Å². The van der Waals surface area contributed by atoms with E-state index in [1.54, 1.807) is 0 Å². The second-order valence-electron chi connectivity index (χ2n) is 12.4. The molecular weight excluding hydrogens is 602 g/mol. The zero-order valence-corrected chi connectivity index (χ0v) is 28.2. The molecule has 0 aliphatic rings. The van der Waals surface area contributed by atoms with Crippen molar-refractivity contribution in [2.24, 2.45) is 5.73 Å². The van der Waals surface area contributed by atoms with Crippen LogP contribution < -0.4 is 26.2 Å². The van der Waals surface area contributed by atoms with Crippen molar-refractivity contribution in [3.05, 3.63) is 83.9 Å². The standard InChI is InChI=1S/C37H41N9O2/c1-7-21(43-36(47)31-29(45(3)4)19-17-27-34(31)41-25-15-11-9-13-23(25)39-27)33(38)22(8-2)44-37(48)32-30(46(5)6)20-18-28-35(32)42-26-16-12-10-14-24(26)40-28/h9-22,33H,7-8,38H2,1-6H3,(H,43,47)(H,44,48). The number of anilines is 2. The minimum Gasteiger partial charge on any atom is -0.377 e. The van der Waals surface area contributed by atoms with Gasteiger partial charge in [0.15, 0.2) is 0 Å². The number of nitrogens with zero attached hydrogens (tertiary/aromatic N) is 6. The predicted molar refractivity (Wildman–Crippen MR) is 194 cm³/mol. The van der Waals surface area contributed by atoms with E-state index in [-0.39, 0.29) is 11.8 Å². The third-order valence-corrected chi connectivity index (χ3v) is 8.84. The molecule has 11 nitrogen and oxygen atoms in total. The summed E-state index contributed by atoms with van der Waals surface area (Å²) < 4.78 is 0. The maximum Gasteiger partial charge on any atom is 0.255 e. The molecule has 0 saturated heterocycles. The van der Waals surface area contributed by atoms with Gasteiger partial charge in [-0.05, 0) is 61.4 Å². The van der Waals surface area contributed by atoms with Gasteiger partial charge in [-0.2, -0.15) is 0 Å². The van der Waals surface area contributed by atoms with Crippen molar-refractivity contribution in [1.29, 1.82) is 0 Å². The van der Waals surface area contributed by atoms with Crippen molar-refractivity contribution in [2.45, 2.75) is 44.8 Å². The molecule has 48 heavy (non-hydrogen) atoms. The maximum absolute atomic E-state index is 14.2. The summed E-state index contributed by atoms with van der Waals surface area (Å²) in [4.78, 5) is 51.3. The van der Waals surface area contributed by atoms with Gasteiger partial charge in [-0.15, -0.1) is 0 Å². The molecule has 2 unspecified atom stereocenters. The Morgan fingerprint density at radius 2 is 0.938 bits per heavy atom. The number of nitrogens with one attached hydrogen (secondary N) is 2. The molecule has 4 aromatic carbocycles. The minimum atomic E-state index is -0.595. The average Bonchev–Trinajstić information content (AvgIpc) is 3.09. The van der Waals surface area contributed by atoms with Crippen LogP contribution in [-0.2, 0) is 0 Å². The Hall–Kier alpha value is -5.42. The Morgan fingerprint density at radius 1 is 0.583 bits per heavy atom. The first kappa shape index (κ1) is 32.5. The minimum absolute atomic E-state index is 0.302. The van der Waals surface area contributed by atoms with Gasteiger partial charge < -0.3 is 26.2 Å². The van der Waals surface area contributed by atoms with E-state index in [9.17, 15) is 9.59 Å². The van der Waals surface area contributed by atoms with Crippen molar-refractivity contribution in [3.63, 3.8) is 0 Å². The highest BCUT2D eigenvalue weighted by molar-refractivity contribution is 6.12. The molecule has 2 amide bonds. The van der Waals surface area contributed by atoms with E-state index < -0.39 is 18.1 Å². The summed E-state index contributed by atoms with van der Waals surface area (Å²) in [6.45, 7) is 3.94. The van der Waals surface area contributed by atoms with E-state index in [2.05, 4.69) is 10.6 Å². The van der Waals surface area contributed by atoms with Crippen LogP contribution in [0.2, 0.25) is 0 Å². The third kappa shape index (κ3) is 6.04. The van der Waals surface area contributed by atoms with Crippen LogP contribution in [0.15, 0.2) is 72.8 Å². The van der Waals surface area contributed by atoms with Gasteiger partial charge in [0.2, 0.25) is 0 Å². The Kier molecular flexibility index (Phi) is 9.05. The van der Waals surface area contributed by atoms with Gasteiger partial charge in [0.05, 0.1) is 55.6 Å². The average molecular weight is 644 g/mol. The summed E-state index contributed by atoms with van der Waals surface area (Å²) in [6.07, 6.45) is 1.09. The second-order valence-corrected chi connectivity index (χ2v) is 12.4. The maximum atomic E-state index is 14.2. The highest BCUT2D eigenvalue weighted by atomic mass is 16.2. The monoisotopic (exact) mass is 643 g/mol. The molecule has 4 N–H and O–H groups in total. The molecule has 0 fully saturated rings. The first-order chi connectivity index (χ1) is 23.1. The number of carbonyl (C=O) groups is 2. The number of hydrogen-bond donors (Lipinski definition) is 3. The zero-order chi connectivity index (χ0) is 34.1. The van der Waals surface area contributed by atoms with Crippen LogP contribution in [0.3, 0.4) is 0 Å². The van der Waals surface area contributed by atoms with Gasteiger partial charge in [0, 0.05) is 46.3 Å². The molecule has 2 heterocycles. The lowest BCUT2D eigenvalue weighted by atomic mass is 9.95. The number of hydrogen-bond acceptors (Lipinski definition) is 9. The summed E-state index contributed by atoms with van der Waals surface area (Å²) in [7, 11) is 7.56. The number of nitrogens with two attached hydrogens (primary N) is 1.